The molecular weight excluding hydrogens is 306 g/mol. The quantitative estimate of drug-likeness (QED) is 0.843. The van der Waals surface area contributed by atoms with Crippen molar-refractivity contribution in [1.29, 1.82) is 0 Å². The summed E-state index contributed by atoms with van der Waals surface area (Å²) in [6.45, 7) is 2.59. The van der Waals surface area contributed by atoms with Crippen LogP contribution in [0.5, 0.6) is 11.5 Å². The number of piperidine rings is 1. The van der Waals surface area contributed by atoms with Crippen LogP contribution in [0.4, 0.5) is 0 Å². The first-order valence-electron chi connectivity index (χ1n) is 8.24. The summed E-state index contributed by atoms with van der Waals surface area (Å²) >= 11 is 0. The molecule has 1 aromatic carbocycles. The third-order valence-corrected chi connectivity index (χ3v) is 4.33. The van der Waals surface area contributed by atoms with Gasteiger partial charge in [-0.05, 0) is 50.2 Å². The van der Waals surface area contributed by atoms with Crippen LogP contribution in [0.3, 0.4) is 0 Å². The van der Waals surface area contributed by atoms with Gasteiger partial charge in [-0.2, -0.15) is 5.10 Å². The van der Waals surface area contributed by atoms with Crippen molar-refractivity contribution in [1.82, 2.24) is 14.7 Å². The Balaban J connectivity index is 1.88. The third kappa shape index (κ3) is 3.59. The molecule has 3 rings (SSSR count). The van der Waals surface area contributed by atoms with Crippen LogP contribution in [-0.4, -0.2) is 42.0 Å². The summed E-state index contributed by atoms with van der Waals surface area (Å²) in [7, 11) is 3.21. The zero-order chi connectivity index (χ0) is 16.9. The number of methoxy groups -OCH3 is 2. The van der Waals surface area contributed by atoms with Gasteiger partial charge in [-0.25, -0.2) is 4.68 Å². The molecule has 2 heterocycles. The molecule has 6 heteroatoms. The summed E-state index contributed by atoms with van der Waals surface area (Å²) in [5.41, 5.74) is 1.55. The minimum Gasteiger partial charge on any atom is -0.493 e. The predicted molar refractivity (Wildman–Crippen MR) is 92.5 cm³/mol. The second-order valence-corrected chi connectivity index (χ2v) is 5.95. The van der Waals surface area contributed by atoms with Crippen LogP contribution in [0.1, 0.15) is 19.3 Å². The van der Waals surface area contributed by atoms with E-state index in [2.05, 4.69) is 10.00 Å². The average Bonchev–Trinajstić information content (AvgIpc) is 2.64. The molecule has 0 unspecified atom stereocenters. The maximum absolute atomic E-state index is 12.1. The molecular formula is C18H23N3O3. The molecule has 0 radical (unpaired) electrons. The molecule has 6 nitrogen and oxygen atoms in total. The van der Waals surface area contributed by atoms with Gasteiger partial charge in [0.05, 0.1) is 26.6 Å². The highest BCUT2D eigenvalue weighted by atomic mass is 16.5. The first kappa shape index (κ1) is 16.5. The van der Waals surface area contributed by atoms with Crippen molar-refractivity contribution in [2.45, 2.75) is 25.9 Å². The summed E-state index contributed by atoms with van der Waals surface area (Å²) in [4.78, 5) is 14.4. The van der Waals surface area contributed by atoms with Crippen LogP contribution >= 0.6 is 0 Å². The minimum atomic E-state index is -0.0789. The second kappa shape index (κ2) is 7.49. The zero-order valence-corrected chi connectivity index (χ0v) is 14.2. The van der Waals surface area contributed by atoms with Crippen LogP contribution in [0.25, 0.3) is 11.3 Å². The summed E-state index contributed by atoms with van der Waals surface area (Å²) in [5.74, 6) is 1.31. The molecule has 1 aliphatic rings. The molecule has 0 spiro atoms. The van der Waals surface area contributed by atoms with E-state index in [1.54, 1.807) is 26.4 Å². The number of benzene rings is 1. The summed E-state index contributed by atoms with van der Waals surface area (Å²) in [5, 5.41) is 4.53. The molecule has 24 heavy (non-hydrogen) atoms. The molecule has 0 saturated carbocycles. The highest BCUT2D eigenvalue weighted by Gasteiger charge is 2.13. The van der Waals surface area contributed by atoms with Gasteiger partial charge >= 0.3 is 0 Å². The van der Waals surface area contributed by atoms with Gasteiger partial charge in [0.1, 0.15) is 0 Å². The number of nitrogens with zero attached hydrogens (tertiary/aromatic N) is 3. The molecule has 1 aromatic heterocycles. The highest BCUT2D eigenvalue weighted by Crippen LogP contribution is 2.31. The summed E-state index contributed by atoms with van der Waals surface area (Å²) in [6, 6.07) is 8.95. The maximum atomic E-state index is 12.1. The minimum absolute atomic E-state index is 0.0789. The van der Waals surface area contributed by atoms with Crippen LogP contribution < -0.4 is 15.0 Å². The zero-order valence-electron chi connectivity index (χ0n) is 14.2. The molecule has 1 aliphatic heterocycles. The van der Waals surface area contributed by atoms with E-state index in [9.17, 15) is 4.79 Å². The Labute approximate surface area is 141 Å². The molecule has 1 saturated heterocycles. The first-order valence-corrected chi connectivity index (χ1v) is 8.24. The summed E-state index contributed by atoms with van der Waals surface area (Å²) < 4.78 is 12.1. The Morgan fingerprint density at radius 3 is 2.46 bits per heavy atom. The lowest BCUT2D eigenvalue weighted by Crippen LogP contribution is -2.36. The number of rotatable bonds is 5. The van der Waals surface area contributed by atoms with E-state index in [4.69, 9.17) is 9.47 Å². The fourth-order valence-electron chi connectivity index (χ4n) is 2.99. The van der Waals surface area contributed by atoms with Crippen molar-refractivity contribution in [2.24, 2.45) is 0 Å². The molecule has 2 aromatic rings. The van der Waals surface area contributed by atoms with Crippen LogP contribution in [-0.2, 0) is 6.67 Å². The Morgan fingerprint density at radius 2 is 1.75 bits per heavy atom. The van der Waals surface area contributed by atoms with Gasteiger partial charge in [0.15, 0.2) is 11.5 Å². The van der Waals surface area contributed by atoms with E-state index < -0.39 is 0 Å². The van der Waals surface area contributed by atoms with Gasteiger partial charge in [-0.3, -0.25) is 9.69 Å². The molecule has 1 fully saturated rings. The fraction of sp³-hybridized carbons (Fsp3) is 0.444. The van der Waals surface area contributed by atoms with E-state index >= 15 is 0 Å². The van der Waals surface area contributed by atoms with Crippen LogP contribution in [0, 0.1) is 0 Å². The Hall–Kier alpha value is -2.34. The molecule has 0 bridgehead atoms. The summed E-state index contributed by atoms with van der Waals surface area (Å²) in [6.07, 6.45) is 3.64. The number of hydrogen-bond acceptors (Lipinski definition) is 5. The van der Waals surface area contributed by atoms with Gasteiger partial charge in [0.25, 0.3) is 5.56 Å². The van der Waals surface area contributed by atoms with Crippen molar-refractivity contribution in [3.63, 3.8) is 0 Å². The molecule has 0 atom stereocenters. The number of ether oxygens (including phenoxy) is 2. The van der Waals surface area contributed by atoms with Crippen molar-refractivity contribution in [3.8, 4) is 22.8 Å². The number of likely N-dealkylation sites (tertiary alicyclic amines) is 1. The largest absolute Gasteiger partial charge is 0.493 e. The van der Waals surface area contributed by atoms with Crippen molar-refractivity contribution < 1.29 is 9.47 Å². The lowest BCUT2D eigenvalue weighted by Gasteiger charge is -2.26. The SMILES string of the molecule is COc1ccc(-c2ccc(=O)n(CN3CCCCC3)n2)cc1OC. The van der Waals surface area contributed by atoms with Gasteiger partial charge in [0.2, 0.25) is 0 Å². The number of aromatic nitrogens is 2. The molecule has 0 amide bonds. The number of hydrogen-bond donors (Lipinski definition) is 0. The lowest BCUT2D eigenvalue weighted by molar-refractivity contribution is 0.170. The first-order chi connectivity index (χ1) is 11.7. The topological polar surface area (TPSA) is 56.6 Å². The van der Waals surface area contributed by atoms with Crippen LogP contribution in [0.15, 0.2) is 35.1 Å². The van der Waals surface area contributed by atoms with Crippen molar-refractivity contribution >= 4 is 0 Å². The van der Waals surface area contributed by atoms with E-state index in [0.29, 0.717) is 18.2 Å². The Bertz CT molecular complexity index is 751. The Morgan fingerprint density at radius 1 is 1.00 bits per heavy atom. The average molecular weight is 329 g/mol. The normalized spacial score (nSPS) is 15.2. The second-order valence-electron chi connectivity index (χ2n) is 5.95. The van der Waals surface area contributed by atoms with Gasteiger partial charge in [-0.15, -0.1) is 0 Å². The van der Waals surface area contributed by atoms with E-state index in [1.807, 2.05) is 18.2 Å². The monoisotopic (exact) mass is 329 g/mol. The standard InChI is InChI=1S/C18H23N3O3/c1-23-16-8-6-14(12-17(16)24-2)15-7-9-18(22)21(19-15)13-20-10-4-3-5-11-20/h6-9,12H,3-5,10-11,13H2,1-2H3. The van der Waals surface area contributed by atoms with E-state index in [-0.39, 0.29) is 5.56 Å². The van der Waals surface area contributed by atoms with Gasteiger partial charge in [-0.1, -0.05) is 6.42 Å². The van der Waals surface area contributed by atoms with E-state index in [1.165, 1.54) is 23.9 Å². The highest BCUT2D eigenvalue weighted by molar-refractivity contribution is 5.63. The van der Waals surface area contributed by atoms with Gasteiger partial charge in [0, 0.05) is 11.6 Å². The predicted octanol–water partition coefficient (Wildman–Crippen LogP) is 2.37. The molecule has 0 N–H and O–H groups in total. The fourth-order valence-corrected chi connectivity index (χ4v) is 2.99. The molecule has 0 aliphatic carbocycles. The van der Waals surface area contributed by atoms with Gasteiger partial charge < -0.3 is 9.47 Å². The maximum Gasteiger partial charge on any atom is 0.268 e. The van der Waals surface area contributed by atoms with Crippen LogP contribution in [0.2, 0.25) is 0 Å². The van der Waals surface area contributed by atoms with Crippen molar-refractivity contribution in [3.05, 3.63) is 40.7 Å². The van der Waals surface area contributed by atoms with E-state index in [0.717, 1.165) is 24.3 Å². The lowest BCUT2D eigenvalue weighted by atomic mass is 10.1. The van der Waals surface area contributed by atoms with Crippen molar-refractivity contribution in [2.75, 3.05) is 27.3 Å². The smallest absolute Gasteiger partial charge is 0.268 e. The third-order valence-electron chi connectivity index (χ3n) is 4.33. The molecule has 128 valence electrons. The Kier molecular flexibility index (Phi) is 5.15.